The van der Waals surface area contributed by atoms with Crippen molar-refractivity contribution in [2.45, 2.75) is 19.6 Å². The number of amides is 1. The second kappa shape index (κ2) is 7.65. The Labute approximate surface area is 136 Å². The van der Waals surface area contributed by atoms with E-state index in [2.05, 4.69) is 10.6 Å². The quantitative estimate of drug-likeness (QED) is 0.767. The van der Waals surface area contributed by atoms with Crippen molar-refractivity contribution in [3.8, 4) is 0 Å². The molecule has 0 aromatic heterocycles. The van der Waals surface area contributed by atoms with Crippen LogP contribution in [0.1, 0.15) is 12.5 Å². The van der Waals surface area contributed by atoms with Crippen molar-refractivity contribution >= 4 is 23.0 Å². The lowest BCUT2D eigenvalue weighted by atomic mass is 10.2. The molecular formula is C18H23N3O2. The first kappa shape index (κ1) is 16.8. The van der Waals surface area contributed by atoms with Crippen LogP contribution in [0.2, 0.25) is 0 Å². The SMILES string of the molecule is C[C@H](Nc1cccc(CO)c1)C(=O)Nc1ccc(N(C)C)cc1. The summed E-state index contributed by atoms with van der Waals surface area (Å²) in [4.78, 5) is 14.3. The van der Waals surface area contributed by atoms with Gasteiger partial charge in [0.05, 0.1) is 6.61 Å². The van der Waals surface area contributed by atoms with Gasteiger partial charge in [0.2, 0.25) is 5.91 Å². The van der Waals surface area contributed by atoms with Crippen molar-refractivity contribution in [3.63, 3.8) is 0 Å². The molecule has 1 amide bonds. The van der Waals surface area contributed by atoms with Crippen molar-refractivity contribution in [1.29, 1.82) is 0 Å². The number of rotatable bonds is 6. The molecule has 0 aliphatic rings. The Morgan fingerprint density at radius 2 is 1.83 bits per heavy atom. The molecule has 0 heterocycles. The van der Waals surface area contributed by atoms with Crippen molar-refractivity contribution in [1.82, 2.24) is 0 Å². The molecule has 122 valence electrons. The molecule has 0 fully saturated rings. The lowest BCUT2D eigenvalue weighted by Crippen LogP contribution is -2.31. The van der Waals surface area contributed by atoms with E-state index < -0.39 is 6.04 Å². The first-order valence-corrected chi connectivity index (χ1v) is 7.54. The third kappa shape index (κ3) is 4.72. The van der Waals surface area contributed by atoms with Crippen LogP contribution >= 0.6 is 0 Å². The summed E-state index contributed by atoms with van der Waals surface area (Å²) in [7, 11) is 3.94. The van der Waals surface area contributed by atoms with Crippen LogP contribution in [-0.4, -0.2) is 31.2 Å². The fraction of sp³-hybridized carbons (Fsp3) is 0.278. The Bertz CT molecular complexity index is 654. The minimum absolute atomic E-state index is 0.0195. The molecule has 0 bridgehead atoms. The summed E-state index contributed by atoms with van der Waals surface area (Å²) in [6.07, 6.45) is 0. The van der Waals surface area contributed by atoms with E-state index in [0.717, 1.165) is 22.6 Å². The number of hydrogen-bond donors (Lipinski definition) is 3. The molecule has 5 nitrogen and oxygen atoms in total. The molecule has 2 rings (SSSR count). The molecular weight excluding hydrogens is 290 g/mol. The zero-order valence-electron chi connectivity index (χ0n) is 13.7. The molecule has 2 aromatic carbocycles. The lowest BCUT2D eigenvalue weighted by molar-refractivity contribution is -0.116. The molecule has 0 aliphatic heterocycles. The van der Waals surface area contributed by atoms with Gasteiger partial charge in [0.1, 0.15) is 6.04 Å². The molecule has 23 heavy (non-hydrogen) atoms. The van der Waals surface area contributed by atoms with Crippen LogP contribution < -0.4 is 15.5 Å². The Balaban J connectivity index is 1.96. The van der Waals surface area contributed by atoms with Crippen LogP contribution in [-0.2, 0) is 11.4 Å². The summed E-state index contributed by atoms with van der Waals surface area (Å²) in [5.41, 5.74) is 3.46. The average Bonchev–Trinajstić information content (AvgIpc) is 2.55. The number of anilines is 3. The molecule has 2 aromatic rings. The normalized spacial score (nSPS) is 11.7. The van der Waals surface area contributed by atoms with Gasteiger partial charge >= 0.3 is 0 Å². The predicted octanol–water partition coefficient (Wildman–Crippen LogP) is 2.68. The summed E-state index contributed by atoms with van der Waals surface area (Å²) in [5, 5.41) is 15.2. The number of benzene rings is 2. The number of aliphatic hydroxyl groups is 1. The fourth-order valence-electron chi connectivity index (χ4n) is 2.17. The highest BCUT2D eigenvalue weighted by molar-refractivity contribution is 5.96. The van der Waals surface area contributed by atoms with E-state index in [1.165, 1.54) is 0 Å². The summed E-state index contributed by atoms with van der Waals surface area (Å²) in [5.74, 6) is -0.114. The Morgan fingerprint density at radius 1 is 1.13 bits per heavy atom. The number of nitrogens with one attached hydrogen (secondary N) is 2. The Kier molecular flexibility index (Phi) is 5.60. The van der Waals surface area contributed by atoms with Gasteiger partial charge in [0, 0.05) is 31.2 Å². The minimum atomic E-state index is -0.391. The van der Waals surface area contributed by atoms with E-state index in [4.69, 9.17) is 5.11 Å². The van der Waals surface area contributed by atoms with Crippen LogP contribution in [0.5, 0.6) is 0 Å². The maximum atomic E-state index is 12.3. The molecule has 0 radical (unpaired) electrons. The van der Waals surface area contributed by atoms with Gasteiger partial charge < -0.3 is 20.6 Å². The number of aliphatic hydroxyl groups excluding tert-OH is 1. The summed E-state index contributed by atoms with van der Waals surface area (Å²) >= 11 is 0. The molecule has 5 heteroatoms. The van der Waals surface area contributed by atoms with Crippen LogP contribution in [0.15, 0.2) is 48.5 Å². The molecule has 0 unspecified atom stereocenters. The molecule has 0 spiro atoms. The maximum Gasteiger partial charge on any atom is 0.246 e. The first-order valence-electron chi connectivity index (χ1n) is 7.54. The molecule has 1 atom stereocenters. The van der Waals surface area contributed by atoms with E-state index in [1.54, 1.807) is 6.92 Å². The van der Waals surface area contributed by atoms with Crippen molar-refractivity contribution in [3.05, 3.63) is 54.1 Å². The van der Waals surface area contributed by atoms with E-state index in [9.17, 15) is 4.79 Å². The standard InChI is InChI=1S/C18H23N3O2/c1-13(19-16-6-4-5-14(11-16)12-22)18(23)20-15-7-9-17(10-8-15)21(2)3/h4-11,13,19,22H,12H2,1-3H3,(H,20,23)/t13-/m0/s1. The highest BCUT2D eigenvalue weighted by Crippen LogP contribution is 2.16. The average molecular weight is 313 g/mol. The highest BCUT2D eigenvalue weighted by atomic mass is 16.3. The minimum Gasteiger partial charge on any atom is -0.392 e. The topological polar surface area (TPSA) is 64.6 Å². The van der Waals surface area contributed by atoms with Gasteiger partial charge in [-0.15, -0.1) is 0 Å². The van der Waals surface area contributed by atoms with Gasteiger partial charge in [-0.2, -0.15) is 0 Å². The monoisotopic (exact) mass is 313 g/mol. The Morgan fingerprint density at radius 3 is 2.43 bits per heavy atom. The maximum absolute atomic E-state index is 12.3. The van der Waals surface area contributed by atoms with Gasteiger partial charge in [-0.05, 0) is 48.9 Å². The summed E-state index contributed by atoms with van der Waals surface area (Å²) < 4.78 is 0. The van der Waals surface area contributed by atoms with Gasteiger partial charge in [0.25, 0.3) is 0 Å². The van der Waals surface area contributed by atoms with Crippen molar-refractivity contribution in [2.75, 3.05) is 29.6 Å². The third-order valence-corrected chi connectivity index (χ3v) is 3.54. The zero-order valence-corrected chi connectivity index (χ0v) is 13.7. The van der Waals surface area contributed by atoms with E-state index in [1.807, 2.05) is 67.5 Å². The number of nitrogens with zero attached hydrogens (tertiary/aromatic N) is 1. The number of carbonyl (C=O) groups is 1. The summed E-state index contributed by atoms with van der Waals surface area (Å²) in [6, 6.07) is 14.7. The molecule has 3 N–H and O–H groups in total. The number of hydrogen-bond acceptors (Lipinski definition) is 4. The molecule has 0 saturated carbocycles. The van der Waals surface area contributed by atoms with E-state index in [0.29, 0.717) is 0 Å². The van der Waals surface area contributed by atoms with E-state index in [-0.39, 0.29) is 12.5 Å². The molecule has 0 aliphatic carbocycles. The zero-order chi connectivity index (χ0) is 16.8. The van der Waals surface area contributed by atoms with Crippen molar-refractivity contribution < 1.29 is 9.90 Å². The lowest BCUT2D eigenvalue weighted by Gasteiger charge is -2.17. The summed E-state index contributed by atoms with van der Waals surface area (Å²) in [6.45, 7) is 1.78. The van der Waals surface area contributed by atoms with Crippen LogP contribution in [0.3, 0.4) is 0 Å². The van der Waals surface area contributed by atoms with E-state index >= 15 is 0 Å². The van der Waals surface area contributed by atoms with Crippen LogP contribution in [0.25, 0.3) is 0 Å². The molecule has 0 saturated heterocycles. The van der Waals surface area contributed by atoms with Gasteiger partial charge in [-0.25, -0.2) is 0 Å². The number of carbonyl (C=O) groups excluding carboxylic acids is 1. The second-order valence-electron chi connectivity index (χ2n) is 5.66. The fourth-order valence-corrected chi connectivity index (χ4v) is 2.17. The van der Waals surface area contributed by atoms with Gasteiger partial charge in [0.15, 0.2) is 0 Å². The smallest absolute Gasteiger partial charge is 0.246 e. The van der Waals surface area contributed by atoms with Crippen molar-refractivity contribution in [2.24, 2.45) is 0 Å². The van der Waals surface area contributed by atoms with Gasteiger partial charge in [-0.1, -0.05) is 12.1 Å². The first-order chi connectivity index (χ1) is 11.0. The van der Waals surface area contributed by atoms with Crippen LogP contribution in [0.4, 0.5) is 17.1 Å². The second-order valence-corrected chi connectivity index (χ2v) is 5.66. The Hall–Kier alpha value is -2.53. The van der Waals surface area contributed by atoms with Gasteiger partial charge in [-0.3, -0.25) is 4.79 Å². The third-order valence-electron chi connectivity index (χ3n) is 3.54. The largest absolute Gasteiger partial charge is 0.392 e. The highest BCUT2D eigenvalue weighted by Gasteiger charge is 2.13. The predicted molar refractivity (Wildman–Crippen MR) is 94.8 cm³/mol. The van der Waals surface area contributed by atoms with Crippen LogP contribution in [0, 0.1) is 0 Å².